The van der Waals surface area contributed by atoms with Gasteiger partial charge in [-0.15, -0.1) is 0 Å². The molecule has 0 radical (unpaired) electrons. The number of anilines is 2. The number of fused-ring (bicyclic) bond motifs is 1. The molecule has 4 aromatic rings. The van der Waals surface area contributed by atoms with Gasteiger partial charge in [-0.05, 0) is 78.7 Å². The standard InChI is InChI=1S/C24H21N5OS/c1-15-13-25-14-17-7-10-22(27-23(15)17)28-24(30)20-12-19(20)16-5-8-18(9-6-16)31-29-21-4-2-3-11-26-21/h2-11,13-14,19-20H,12H2,1H3,(H,26,29)(H,27,28,30). The summed E-state index contributed by atoms with van der Waals surface area (Å²) in [5.74, 6) is 1.68. The van der Waals surface area contributed by atoms with Crippen LogP contribution in [0.15, 0.2) is 78.1 Å². The summed E-state index contributed by atoms with van der Waals surface area (Å²) < 4.78 is 3.23. The van der Waals surface area contributed by atoms with Crippen LogP contribution in [-0.4, -0.2) is 20.9 Å². The molecule has 0 saturated heterocycles. The number of carbonyl (C=O) groups excluding carboxylic acids is 1. The van der Waals surface area contributed by atoms with Gasteiger partial charge in [0.2, 0.25) is 5.91 Å². The fourth-order valence-corrected chi connectivity index (χ4v) is 4.25. The Balaban J connectivity index is 1.19. The molecule has 1 aliphatic rings. The van der Waals surface area contributed by atoms with Gasteiger partial charge >= 0.3 is 0 Å². The molecule has 5 rings (SSSR count). The number of aromatic nitrogens is 3. The summed E-state index contributed by atoms with van der Waals surface area (Å²) in [5.41, 5.74) is 3.05. The maximum Gasteiger partial charge on any atom is 0.229 e. The molecule has 7 heteroatoms. The van der Waals surface area contributed by atoms with Gasteiger partial charge in [-0.2, -0.15) is 0 Å². The second-order valence-electron chi connectivity index (χ2n) is 7.65. The van der Waals surface area contributed by atoms with Crippen LogP contribution in [0.4, 0.5) is 11.6 Å². The Bertz CT molecular complexity index is 1230. The zero-order chi connectivity index (χ0) is 21.2. The Morgan fingerprint density at radius 3 is 2.71 bits per heavy atom. The largest absolute Gasteiger partial charge is 0.310 e. The molecule has 31 heavy (non-hydrogen) atoms. The fraction of sp³-hybridized carbons (Fsp3) is 0.167. The van der Waals surface area contributed by atoms with Crippen molar-refractivity contribution in [3.63, 3.8) is 0 Å². The van der Waals surface area contributed by atoms with E-state index in [1.165, 1.54) is 17.5 Å². The topological polar surface area (TPSA) is 79.8 Å². The highest BCUT2D eigenvalue weighted by Gasteiger charge is 2.44. The van der Waals surface area contributed by atoms with Crippen LogP contribution in [0.3, 0.4) is 0 Å². The normalized spacial score (nSPS) is 17.3. The molecule has 3 heterocycles. The summed E-state index contributed by atoms with van der Waals surface area (Å²) in [7, 11) is 0. The van der Waals surface area contributed by atoms with Gasteiger partial charge in [-0.3, -0.25) is 9.78 Å². The lowest BCUT2D eigenvalue weighted by atomic mass is 10.1. The van der Waals surface area contributed by atoms with Gasteiger partial charge in [0.05, 0.1) is 5.52 Å². The average molecular weight is 428 g/mol. The SMILES string of the molecule is Cc1cncc2ccc(NC(=O)C3CC3c3ccc(SNc4ccccn4)cc3)nc12. The number of carbonyl (C=O) groups is 1. The molecule has 2 N–H and O–H groups in total. The average Bonchev–Trinajstić information content (AvgIpc) is 3.61. The molecule has 6 nitrogen and oxygen atoms in total. The van der Waals surface area contributed by atoms with Crippen molar-refractivity contribution in [3.05, 3.63) is 84.3 Å². The van der Waals surface area contributed by atoms with E-state index in [9.17, 15) is 4.79 Å². The van der Waals surface area contributed by atoms with Crippen molar-refractivity contribution in [2.75, 3.05) is 10.0 Å². The number of benzene rings is 1. The summed E-state index contributed by atoms with van der Waals surface area (Å²) in [6.07, 6.45) is 6.19. The van der Waals surface area contributed by atoms with Crippen molar-refractivity contribution in [2.45, 2.75) is 24.2 Å². The minimum absolute atomic E-state index is 0.0128. The van der Waals surface area contributed by atoms with E-state index in [1.54, 1.807) is 18.6 Å². The Labute approximate surface area is 184 Å². The fourth-order valence-electron chi connectivity index (χ4n) is 3.64. The molecule has 2 unspecified atom stereocenters. The molecule has 1 aromatic carbocycles. The van der Waals surface area contributed by atoms with E-state index in [0.29, 0.717) is 5.82 Å². The van der Waals surface area contributed by atoms with Crippen molar-refractivity contribution in [3.8, 4) is 0 Å². The van der Waals surface area contributed by atoms with Gasteiger partial charge in [0.1, 0.15) is 11.6 Å². The Morgan fingerprint density at radius 2 is 1.90 bits per heavy atom. The minimum Gasteiger partial charge on any atom is -0.310 e. The lowest BCUT2D eigenvalue weighted by Crippen LogP contribution is -2.15. The molecule has 2 atom stereocenters. The molecule has 1 aliphatic carbocycles. The van der Waals surface area contributed by atoms with Gasteiger partial charge in [0, 0.05) is 34.8 Å². The Morgan fingerprint density at radius 1 is 1.03 bits per heavy atom. The predicted molar refractivity (Wildman–Crippen MR) is 124 cm³/mol. The molecule has 154 valence electrons. The number of hydrogen-bond donors (Lipinski definition) is 2. The lowest BCUT2D eigenvalue weighted by molar-refractivity contribution is -0.117. The third kappa shape index (κ3) is 4.36. The van der Waals surface area contributed by atoms with E-state index < -0.39 is 0 Å². The predicted octanol–water partition coefficient (Wildman–Crippen LogP) is 5.19. The summed E-state index contributed by atoms with van der Waals surface area (Å²) in [6, 6.07) is 17.9. The Hall–Kier alpha value is -3.45. The van der Waals surface area contributed by atoms with Gasteiger partial charge in [-0.25, -0.2) is 9.97 Å². The number of rotatable bonds is 6. The van der Waals surface area contributed by atoms with Crippen LogP contribution >= 0.6 is 11.9 Å². The van der Waals surface area contributed by atoms with E-state index in [-0.39, 0.29) is 17.7 Å². The number of nitrogens with one attached hydrogen (secondary N) is 2. The molecular weight excluding hydrogens is 406 g/mol. The van der Waals surface area contributed by atoms with Gasteiger partial charge in [-0.1, -0.05) is 18.2 Å². The maximum atomic E-state index is 12.7. The number of hydrogen-bond acceptors (Lipinski definition) is 6. The molecule has 0 aliphatic heterocycles. The summed E-state index contributed by atoms with van der Waals surface area (Å²) >= 11 is 1.52. The van der Waals surface area contributed by atoms with Crippen LogP contribution in [-0.2, 0) is 4.79 Å². The highest BCUT2D eigenvalue weighted by Crippen LogP contribution is 2.48. The summed E-state index contributed by atoms with van der Waals surface area (Å²) in [6.45, 7) is 1.97. The van der Waals surface area contributed by atoms with Gasteiger partial charge in [0.15, 0.2) is 0 Å². The molecule has 1 saturated carbocycles. The van der Waals surface area contributed by atoms with E-state index >= 15 is 0 Å². The molecule has 1 fully saturated rings. The van der Waals surface area contributed by atoms with E-state index in [2.05, 4.69) is 49.3 Å². The third-order valence-electron chi connectivity index (χ3n) is 5.41. The van der Waals surface area contributed by atoms with Crippen molar-refractivity contribution in [1.82, 2.24) is 15.0 Å². The molecular formula is C24H21N5OS. The molecule has 3 aromatic heterocycles. The monoisotopic (exact) mass is 427 g/mol. The first-order valence-corrected chi connectivity index (χ1v) is 10.9. The lowest BCUT2D eigenvalue weighted by Gasteiger charge is -2.07. The van der Waals surface area contributed by atoms with Crippen LogP contribution in [0.1, 0.15) is 23.5 Å². The van der Waals surface area contributed by atoms with Crippen LogP contribution < -0.4 is 10.0 Å². The number of pyridine rings is 3. The molecule has 1 amide bonds. The first kappa shape index (κ1) is 19.5. The van der Waals surface area contributed by atoms with Crippen LogP contribution in [0.5, 0.6) is 0 Å². The van der Waals surface area contributed by atoms with Crippen molar-refractivity contribution in [1.29, 1.82) is 0 Å². The van der Waals surface area contributed by atoms with E-state index in [0.717, 1.165) is 33.6 Å². The van der Waals surface area contributed by atoms with Gasteiger partial charge < -0.3 is 10.0 Å². The third-order valence-corrected chi connectivity index (χ3v) is 6.23. The summed E-state index contributed by atoms with van der Waals surface area (Å²) in [4.78, 5) is 26.8. The van der Waals surface area contributed by atoms with Crippen LogP contribution in [0, 0.1) is 12.8 Å². The van der Waals surface area contributed by atoms with E-state index in [1.807, 2.05) is 37.3 Å². The molecule has 0 bridgehead atoms. The number of amides is 1. The van der Waals surface area contributed by atoms with E-state index in [4.69, 9.17) is 0 Å². The quantitative estimate of drug-likeness (QED) is 0.412. The first-order chi connectivity index (χ1) is 15.2. The van der Waals surface area contributed by atoms with Gasteiger partial charge in [0.25, 0.3) is 0 Å². The first-order valence-electron chi connectivity index (χ1n) is 10.1. The maximum absolute atomic E-state index is 12.7. The zero-order valence-electron chi connectivity index (χ0n) is 16.9. The zero-order valence-corrected chi connectivity index (χ0v) is 17.8. The van der Waals surface area contributed by atoms with Crippen molar-refractivity contribution < 1.29 is 4.79 Å². The summed E-state index contributed by atoms with van der Waals surface area (Å²) in [5, 5.41) is 3.95. The second kappa shape index (κ2) is 8.35. The highest BCUT2D eigenvalue weighted by atomic mass is 32.2. The smallest absolute Gasteiger partial charge is 0.229 e. The highest BCUT2D eigenvalue weighted by molar-refractivity contribution is 8.00. The minimum atomic E-state index is -0.0128. The number of nitrogens with zero attached hydrogens (tertiary/aromatic N) is 3. The van der Waals surface area contributed by atoms with Crippen LogP contribution in [0.25, 0.3) is 10.9 Å². The van der Waals surface area contributed by atoms with Crippen LogP contribution in [0.2, 0.25) is 0 Å². The second-order valence-corrected chi connectivity index (χ2v) is 8.53. The Kier molecular flexibility index (Phi) is 5.26. The van der Waals surface area contributed by atoms with Crippen molar-refractivity contribution >= 4 is 40.4 Å². The van der Waals surface area contributed by atoms with Crippen molar-refractivity contribution in [2.24, 2.45) is 5.92 Å². The number of aryl methyl sites for hydroxylation is 1. The molecule has 0 spiro atoms.